The van der Waals surface area contributed by atoms with Crippen molar-refractivity contribution in [2.24, 2.45) is 7.05 Å². The fraction of sp³-hybridized carbons (Fsp3) is 0.381. The van der Waals surface area contributed by atoms with Crippen LogP contribution in [0.25, 0.3) is 10.9 Å². The van der Waals surface area contributed by atoms with E-state index in [9.17, 15) is 4.79 Å². The maximum absolute atomic E-state index is 12.5. The van der Waals surface area contributed by atoms with Crippen molar-refractivity contribution in [1.82, 2.24) is 20.1 Å². The van der Waals surface area contributed by atoms with Gasteiger partial charge in [0.2, 0.25) is 0 Å². The Morgan fingerprint density at radius 2 is 2.14 bits per heavy atom. The van der Waals surface area contributed by atoms with Crippen LogP contribution >= 0.6 is 0 Å². The van der Waals surface area contributed by atoms with Gasteiger partial charge in [-0.1, -0.05) is 0 Å². The quantitative estimate of drug-likeness (QED) is 0.755. The number of piperidine rings is 1. The summed E-state index contributed by atoms with van der Waals surface area (Å²) in [4.78, 5) is 19.6. The Labute approximate surface area is 164 Å². The van der Waals surface area contributed by atoms with Crippen LogP contribution in [0.2, 0.25) is 0 Å². The molecule has 1 unspecified atom stereocenters. The fourth-order valence-corrected chi connectivity index (χ4v) is 3.81. The average Bonchev–Trinajstić information content (AvgIpc) is 3.13. The van der Waals surface area contributed by atoms with Crippen LogP contribution in [-0.2, 0) is 7.05 Å². The first-order chi connectivity index (χ1) is 13.5. The van der Waals surface area contributed by atoms with Crippen molar-refractivity contribution in [3.05, 3.63) is 47.8 Å². The lowest BCUT2D eigenvalue weighted by molar-refractivity contribution is 0.0923. The third-order valence-electron chi connectivity index (χ3n) is 5.34. The van der Waals surface area contributed by atoms with Crippen LogP contribution in [0.15, 0.2) is 36.5 Å². The molecular formula is C21H25N5O2. The monoisotopic (exact) mass is 379 g/mol. The summed E-state index contributed by atoms with van der Waals surface area (Å²) in [6.07, 6.45) is 3.60. The number of methoxy groups -OCH3 is 1. The van der Waals surface area contributed by atoms with Crippen LogP contribution in [0.4, 0.5) is 5.82 Å². The second-order valence-electron chi connectivity index (χ2n) is 7.28. The van der Waals surface area contributed by atoms with Crippen molar-refractivity contribution in [3.63, 3.8) is 0 Å². The van der Waals surface area contributed by atoms with Crippen LogP contribution in [0.3, 0.4) is 0 Å². The van der Waals surface area contributed by atoms with Gasteiger partial charge < -0.3 is 15.0 Å². The van der Waals surface area contributed by atoms with Crippen molar-refractivity contribution in [3.8, 4) is 5.75 Å². The van der Waals surface area contributed by atoms with Crippen LogP contribution in [0.5, 0.6) is 5.75 Å². The molecule has 0 aliphatic carbocycles. The molecule has 0 saturated carbocycles. The lowest BCUT2D eigenvalue weighted by Gasteiger charge is -2.34. The zero-order valence-corrected chi connectivity index (χ0v) is 16.5. The van der Waals surface area contributed by atoms with E-state index >= 15 is 0 Å². The SMILES string of the molecule is COc1ccc2c(C)cc(N3CCCC(NC(=O)c4ccnn4C)C3)nc2c1. The molecule has 1 N–H and O–H groups in total. The lowest BCUT2D eigenvalue weighted by Crippen LogP contribution is -2.48. The van der Waals surface area contributed by atoms with Gasteiger partial charge in [0.15, 0.2) is 0 Å². The Morgan fingerprint density at radius 3 is 2.89 bits per heavy atom. The molecule has 0 spiro atoms. The molecule has 4 rings (SSSR count). The Bertz CT molecular complexity index is 1010. The summed E-state index contributed by atoms with van der Waals surface area (Å²) in [5.74, 6) is 1.66. The number of carbonyl (C=O) groups is 1. The number of carbonyl (C=O) groups excluding carboxylic acids is 1. The molecule has 1 aliphatic rings. The van der Waals surface area contributed by atoms with Crippen LogP contribution < -0.4 is 15.0 Å². The second-order valence-corrected chi connectivity index (χ2v) is 7.28. The van der Waals surface area contributed by atoms with Gasteiger partial charge in [-0.3, -0.25) is 9.48 Å². The molecule has 28 heavy (non-hydrogen) atoms. The molecule has 3 aromatic rings. The zero-order valence-electron chi connectivity index (χ0n) is 16.5. The first kappa shape index (κ1) is 18.3. The van der Waals surface area contributed by atoms with E-state index in [1.54, 1.807) is 31.1 Å². The number of aromatic nitrogens is 3. The van der Waals surface area contributed by atoms with Gasteiger partial charge in [-0.15, -0.1) is 0 Å². The predicted molar refractivity (Wildman–Crippen MR) is 109 cm³/mol. The van der Waals surface area contributed by atoms with Crippen molar-refractivity contribution >= 4 is 22.6 Å². The van der Waals surface area contributed by atoms with Gasteiger partial charge in [-0.25, -0.2) is 4.98 Å². The van der Waals surface area contributed by atoms with E-state index in [0.717, 1.165) is 48.4 Å². The Balaban J connectivity index is 1.54. The predicted octanol–water partition coefficient (Wildman–Crippen LogP) is 2.68. The van der Waals surface area contributed by atoms with E-state index < -0.39 is 0 Å². The van der Waals surface area contributed by atoms with E-state index in [-0.39, 0.29) is 11.9 Å². The van der Waals surface area contributed by atoms with Crippen molar-refractivity contribution in [2.45, 2.75) is 25.8 Å². The maximum atomic E-state index is 12.5. The molecule has 1 atom stereocenters. The van der Waals surface area contributed by atoms with E-state index in [4.69, 9.17) is 9.72 Å². The van der Waals surface area contributed by atoms with Gasteiger partial charge in [0.1, 0.15) is 17.3 Å². The van der Waals surface area contributed by atoms with Gasteiger partial charge in [-0.05, 0) is 49.6 Å². The van der Waals surface area contributed by atoms with Gasteiger partial charge in [0.25, 0.3) is 5.91 Å². The summed E-state index contributed by atoms with van der Waals surface area (Å²) in [5, 5.41) is 8.34. The highest BCUT2D eigenvalue weighted by Gasteiger charge is 2.24. The number of aryl methyl sites for hydroxylation is 2. The minimum Gasteiger partial charge on any atom is -0.497 e. The standard InChI is InChI=1S/C21H25N5O2/c1-14-11-20(24-18-12-16(28-3)6-7-17(14)18)26-10-4-5-15(13-26)23-21(27)19-8-9-22-25(19)2/h6-9,11-12,15H,4-5,10,13H2,1-3H3,(H,23,27). The Hall–Kier alpha value is -3.09. The number of hydrogen-bond donors (Lipinski definition) is 1. The summed E-state index contributed by atoms with van der Waals surface area (Å²) in [6, 6.07) is 9.92. The summed E-state index contributed by atoms with van der Waals surface area (Å²) in [7, 11) is 3.44. The first-order valence-corrected chi connectivity index (χ1v) is 9.54. The van der Waals surface area contributed by atoms with E-state index in [2.05, 4.69) is 28.3 Å². The smallest absolute Gasteiger partial charge is 0.269 e. The van der Waals surface area contributed by atoms with Crippen LogP contribution in [0, 0.1) is 6.92 Å². The Kier molecular flexibility index (Phi) is 4.90. The molecule has 0 radical (unpaired) electrons. The number of nitrogens with one attached hydrogen (secondary N) is 1. The van der Waals surface area contributed by atoms with Crippen molar-refractivity contribution < 1.29 is 9.53 Å². The first-order valence-electron chi connectivity index (χ1n) is 9.54. The molecule has 3 heterocycles. The highest BCUT2D eigenvalue weighted by Crippen LogP contribution is 2.27. The van der Waals surface area contributed by atoms with Crippen LogP contribution in [-0.4, -0.2) is 46.9 Å². The maximum Gasteiger partial charge on any atom is 0.269 e. The van der Waals surface area contributed by atoms with Gasteiger partial charge in [0.05, 0.1) is 12.6 Å². The molecule has 0 bridgehead atoms. The van der Waals surface area contributed by atoms with E-state index in [1.807, 2.05) is 18.2 Å². The van der Waals surface area contributed by atoms with Crippen molar-refractivity contribution in [1.29, 1.82) is 0 Å². The number of rotatable bonds is 4. The molecule has 146 valence electrons. The highest BCUT2D eigenvalue weighted by molar-refractivity contribution is 5.92. The fourth-order valence-electron chi connectivity index (χ4n) is 3.81. The molecular weight excluding hydrogens is 354 g/mol. The topological polar surface area (TPSA) is 72.3 Å². The largest absolute Gasteiger partial charge is 0.497 e. The van der Waals surface area contributed by atoms with Gasteiger partial charge in [-0.2, -0.15) is 5.10 Å². The average molecular weight is 379 g/mol. The second kappa shape index (κ2) is 7.50. The lowest BCUT2D eigenvalue weighted by atomic mass is 10.0. The number of ether oxygens (including phenoxy) is 1. The van der Waals surface area contributed by atoms with Gasteiger partial charge >= 0.3 is 0 Å². The third kappa shape index (κ3) is 3.52. The zero-order chi connectivity index (χ0) is 19.7. The summed E-state index contributed by atoms with van der Waals surface area (Å²) < 4.78 is 6.94. The normalized spacial score (nSPS) is 17.0. The molecule has 1 aliphatic heterocycles. The molecule has 1 aromatic carbocycles. The summed E-state index contributed by atoms with van der Waals surface area (Å²) >= 11 is 0. The van der Waals surface area contributed by atoms with E-state index in [1.165, 1.54) is 5.56 Å². The van der Waals surface area contributed by atoms with E-state index in [0.29, 0.717) is 5.69 Å². The summed E-state index contributed by atoms with van der Waals surface area (Å²) in [6.45, 7) is 3.77. The molecule has 1 fully saturated rings. The number of amides is 1. The molecule has 1 saturated heterocycles. The van der Waals surface area contributed by atoms with Gasteiger partial charge in [0, 0.05) is 43.8 Å². The molecule has 2 aromatic heterocycles. The van der Waals surface area contributed by atoms with Crippen molar-refractivity contribution in [2.75, 3.05) is 25.1 Å². The minimum atomic E-state index is -0.0840. The minimum absolute atomic E-state index is 0.0827. The third-order valence-corrected chi connectivity index (χ3v) is 5.34. The Morgan fingerprint density at radius 1 is 1.29 bits per heavy atom. The van der Waals surface area contributed by atoms with Crippen LogP contribution in [0.1, 0.15) is 28.9 Å². The number of benzene rings is 1. The number of nitrogens with zero attached hydrogens (tertiary/aromatic N) is 4. The number of hydrogen-bond acceptors (Lipinski definition) is 5. The number of anilines is 1. The highest BCUT2D eigenvalue weighted by atomic mass is 16.5. The summed E-state index contributed by atoms with van der Waals surface area (Å²) in [5.41, 5.74) is 2.68. The molecule has 7 nitrogen and oxygen atoms in total. The molecule has 7 heteroatoms. The number of pyridine rings is 1. The number of fused-ring (bicyclic) bond motifs is 1. The molecule has 1 amide bonds.